The topological polar surface area (TPSA) is 8.17 Å². The van der Waals surface area contributed by atoms with Crippen molar-refractivity contribution in [3.05, 3.63) is 243 Å². The molecule has 64 heavy (non-hydrogen) atoms. The van der Waals surface area contributed by atoms with Gasteiger partial charge in [0.25, 0.3) is 0 Å². The number of benzene rings is 12. The average molecular weight is 813 g/mol. The van der Waals surface area contributed by atoms with Crippen LogP contribution in [0.3, 0.4) is 0 Å². The van der Waals surface area contributed by atoms with Gasteiger partial charge in [-0.05, 0) is 131 Å². The molecule has 0 bridgehead atoms. The Hall–Kier alpha value is -8.46. The molecule has 298 valence electrons. The molecule has 13 aromatic rings. The molecule has 1 aromatic heterocycles. The number of aromatic nitrogens is 1. The van der Waals surface area contributed by atoms with Crippen molar-refractivity contribution in [1.29, 1.82) is 0 Å². The van der Waals surface area contributed by atoms with Crippen molar-refractivity contribution in [2.24, 2.45) is 0 Å². The van der Waals surface area contributed by atoms with E-state index in [-0.39, 0.29) is 0 Å². The molecule has 0 amide bonds. The molecule has 0 saturated carbocycles. The van der Waals surface area contributed by atoms with E-state index >= 15 is 0 Å². The zero-order valence-corrected chi connectivity index (χ0v) is 35.0. The van der Waals surface area contributed by atoms with E-state index < -0.39 is 0 Å². The molecule has 0 aliphatic heterocycles. The molecule has 0 unspecified atom stereocenters. The highest BCUT2D eigenvalue weighted by molar-refractivity contribution is 6.22. The maximum absolute atomic E-state index is 2.45. The number of anilines is 3. The number of hydrogen-bond donors (Lipinski definition) is 0. The van der Waals surface area contributed by atoms with Crippen molar-refractivity contribution in [2.75, 3.05) is 4.90 Å². The summed E-state index contributed by atoms with van der Waals surface area (Å²) in [5.41, 5.74) is 11.7. The fourth-order valence-corrected chi connectivity index (χ4v) is 10.4. The van der Waals surface area contributed by atoms with Crippen LogP contribution in [0.15, 0.2) is 243 Å². The lowest BCUT2D eigenvalue weighted by atomic mass is 9.93. The quantitative estimate of drug-likeness (QED) is 0.152. The predicted molar refractivity (Wildman–Crippen MR) is 274 cm³/mol. The number of nitrogens with zero attached hydrogens (tertiary/aromatic N) is 2. The van der Waals surface area contributed by atoms with Crippen molar-refractivity contribution in [3.63, 3.8) is 0 Å². The van der Waals surface area contributed by atoms with Crippen LogP contribution in [0.1, 0.15) is 0 Å². The Morgan fingerprint density at radius 2 is 0.844 bits per heavy atom. The van der Waals surface area contributed by atoms with E-state index in [2.05, 4.69) is 252 Å². The van der Waals surface area contributed by atoms with E-state index in [0.717, 1.165) is 22.7 Å². The predicted octanol–water partition coefficient (Wildman–Crippen LogP) is 17.4. The summed E-state index contributed by atoms with van der Waals surface area (Å²) in [4.78, 5) is 2.42. The van der Waals surface area contributed by atoms with Crippen molar-refractivity contribution in [1.82, 2.24) is 4.57 Å². The molecule has 12 aromatic carbocycles. The summed E-state index contributed by atoms with van der Waals surface area (Å²) in [5, 5.41) is 15.0. The third kappa shape index (κ3) is 5.73. The molecule has 0 atom stereocenters. The number of rotatable bonds is 6. The highest BCUT2D eigenvalue weighted by atomic mass is 15.1. The zero-order valence-electron chi connectivity index (χ0n) is 35.0. The Morgan fingerprint density at radius 3 is 1.66 bits per heavy atom. The van der Waals surface area contributed by atoms with E-state index in [1.165, 1.54) is 97.9 Å². The summed E-state index contributed by atoms with van der Waals surface area (Å²) < 4.78 is 2.45. The van der Waals surface area contributed by atoms with Crippen LogP contribution in [-0.4, -0.2) is 4.57 Å². The number of hydrogen-bond acceptors (Lipinski definition) is 1. The lowest BCUT2D eigenvalue weighted by molar-refractivity contribution is 1.19. The lowest BCUT2D eigenvalue weighted by Gasteiger charge is -2.27. The molecule has 1 heterocycles. The summed E-state index contributed by atoms with van der Waals surface area (Å²) in [5.74, 6) is 0. The van der Waals surface area contributed by atoms with Gasteiger partial charge in [-0.2, -0.15) is 0 Å². The van der Waals surface area contributed by atoms with Gasteiger partial charge >= 0.3 is 0 Å². The maximum Gasteiger partial charge on any atom is 0.0619 e. The van der Waals surface area contributed by atoms with Crippen LogP contribution in [-0.2, 0) is 0 Å². The van der Waals surface area contributed by atoms with Crippen LogP contribution >= 0.6 is 0 Å². The van der Waals surface area contributed by atoms with Crippen molar-refractivity contribution in [2.45, 2.75) is 0 Å². The third-order valence-electron chi connectivity index (χ3n) is 13.3. The molecule has 0 aliphatic carbocycles. The molecule has 0 radical (unpaired) electrons. The lowest BCUT2D eigenvalue weighted by Crippen LogP contribution is -2.10. The maximum atomic E-state index is 2.45. The first kappa shape index (κ1) is 36.2. The molecule has 13 rings (SSSR count). The van der Waals surface area contributed by atoms with E-state index in [1.54, 1.807) is 0 Å². The highest BCUT2D eigenvalue weighted by Gasteiger charge is 2.20. The van der Waals surface area contributed by atoms with Gasteiger partial charge in [0.2, 0.25) is 0 Å². The Kier molecular flexibility index (Phi) is 8.25. The van der Waals surface area contributed by atoms with Gasteiger partial charge < -0.3 is 9.47 Å². The van der Waals surface area contributed by atoms with Gasteiger partial charge in [-0.15, -0.1) is 0 Å². The molecule has 0 saturated heterocycles. The van der Waals surface area contributed by atoms with Crippen molar-refractivity contribution >= 4 is 92.7 Å². The molecular formula is C62H40N2. The number of fused-ring (bicyclic) bond motifs is 11. The van der Waals surface area contributed by atoms with Gasteiger partial charge in [-0.1, -0.05) is 182 Å². The van der Waals surface area contributed by atoms with E-state index in [4.69, 9.17) is 0 Å². The fourth-order valence-electron chi connectivity index (χ4n) is 10.4. The number of para-hydroxylation sites is 1. The summed E-state index contributed by atoms with van der Waals surface area (Å²) >= 11 is 0. The average Bonchev–Trinajstić information content (AvgIpc) is 3.72. The minimum absolute atomic E-state index is 1.09. The van der Waals surface area contributed by atoms with Gasteiger partial charge in [0.05, 0.1) is 11.0 Å². The molecule has 2 nitrogen and oxygen atoms in total. The Bertz CT molecular complexity index is 3950. The van der Waals surface area contributed by atoms with Gasteiger partial charge in [0, 0.05) is 38.9 Å². The van der Waals surface area contributed by atoms with Crippen LogP contribution in [0.2, 0.25) is 0 Å². The first-order valence-electron chi connectivity index (χ1n) is 22.1. The van der Waals surface area contributed by atoms with E-state index in [1.807, 2.05) is 0 Å². The standard InChI is InChI=1S/C62H40N2/c1-2-18-47(19-3-1)64-60-27-13-26-54(61(60)58-36-32-42-15-5-9-23-55(42)62(58)64)44-17-12-20-49(38-44)63(50-35-37-53-46(39-50)29-28-41-14-4-7-21-51(41)53)48-33-30-43(31-34-48)59-40-45-16-6-8-22-52(45)56-24-10-11-25-57(56)59/h1-40H. The summed E-state index contributed by atoms with van der Waals surface area (Å²) in [6.45, 7) is 0. The highest BCUT2D eigenvalue weighted by Crippen LogP contribution is 2.44. The first-order chi connectivity index (χ1) is 31.7. The first-order valence-corrected chi connectivity index (χ1v) is 22.1. The van der Waals surface area contributed by atoms with Gasteiger partial charge in [0.1, 0.15) is 0 Å². The fraction of sp³-hybridized carbons (Fsp3) is 0. The van der Waals surface area contributed by atoms with Gasteiger partial charge in [0.15, 0.2) is 0 Å². The SMILES string of the molecule is c1ccc(-n2c3cccc(-c4cccc(N(c5ccc(-c6cc7ccccc7c7ccccc67)cc5)c5ccc6c(ccc7ccccc76)c5)c4)c3c3ccc4ccccc4c32)cc1. The van der Waals surface area contributed by atoms with Crippen molar-refractivity contribution < 1.29 is 0 Å². The monoisotopic (exact) mass is 812 g/mol. The van der Waals surface area contributed by atoms with Gasteiger partial charge in [-0.25, -0.2) is 0 Å². The summed E-state index contributed by atoms with van der Waals surface area (Å²) in [7, 11) is 0. The van der Waals surface area contributed by atoms with Crippen molar-refractivity contribution in [3.8, 4) is 27.9 Å². The summed E-state index contributed by atoms with van der Waals surface area (Å²) in [6, 6.07) is 89.1. The molecular weight excluding hydrogens is 773 g/mol. The van der Waals surface area contributed by atoms with E-state index in [9.17, 15) is 0 Å². The second kappa shape index (κ2) is 14.6. The Labute approximate surface area is 371 Å². The normalized spacial score (nSPS) is 11.8. The third-order valence-corrected chi connectivity index (χ3v) is 13.3. The Balaban J connectivity index is 1.01. The van der Waals surface area contributed by atoms with Crippen LogP contribution in [0.25, 0.3) is 104 Å². The largest absolute Gasteiger partial charge is 0.310 e. The van der Waals surface area contributed by atoms with Crippen LogP contribution in [0.5, 0.6) is 0 Å². The smallest absolute Gasteiger partial charge is 0.0619 e. The molecule has 0 spiro atoms. The van der Waals surface area contributed by atoms with E-state index in [0.29, 0.717) is 0 Å². The molecule has 0 N–H and O–H groups in total. The summed E-state index contributed by atoms with van der Waals surface area (Å²) in [6.07, 6.45) is 0. The molecule has 2 heteroatoms. The van der Waals surface area contributed by atoms with Crippen LogP contribution in [0.4, 0.5) is 17.1 Å². The second-order valence-corrected chi connectivity index (χ2v) is 16.9. The van der Waals surface area contributed by atoms with Crippen LogP contribution in [0, 0.1) is 0 Å². The van der Waals surface area contributed by atoms with Gasteiger partial charge in [-0.3, -0.25) is 0 Å². The zero-order chi connectivity index (χ0) is 42.1. The Morgan fingerprint density at radius 1 is 0.281 bits per heavy atom. The minimum Gasteiger partial charge on any atom is -0.310 e. The van der Waals surface area contributed by atoms with Crippen LogP contribution < -0.4 is 4.90 Å². The molecule has 0 aliphatic rings. The molecule has 0 fully saturated rings. The second-order valence-electron chi connectivity index (χ2n) is 16.9. The minimum atomic E-state index is 1.09.